The Morgan fingerprint density at radius 3 is 2.07 bits per heavy atom. The average molecular weight is 228 g/mol. The smallest absolute Gasteiger partial charge is 0.305 e. The van der Waals surface area contributed by atoms with Gasteiger partial charge in [-0.2, -0.15) is 0 Å². The van der Waals surface area contributed by atoms with Crippen molar-refractivity contribution in [1.29, 1.82) is 0 Å². The standard InChI is InChI=1S/C9H12F4O2/c10-7-8(14-7,15-9(11,12)13)6-4-2-1-3-5-6/h6-7H,1-5H2. The molecule has 1 aliphatic carbocycles. The minimum absolute atomic E-state index is 0.470. The highest BCUT2D eigenvalue weighted by molar-refractivity contribution is 4.95. The summed E-state index contributed by atoms with van der Waals surface area (Å²) in [5.74, 6) is -2.50. The summed E-state index contributed by atoms with van der Waals surface area (Å²) in [7, 11) is 0. The number of hydrogen-bond donors (Lipinski definition) is 0. The molecule has 0 radical (unpaired) electrons. The molecule has 2 rings (SSSR count). The van der Waals surface area contributed by atoms with Gasteiger partial charge in [-0.05, 0) is 12.8 Å². The van der Waals surface area contributed by atoms with Gasteiger partial charge in [-0.1, -0.05) is 19.3 Å². The summed E-state index contributed by atoms with van der Waals surface area (Å²) in [6.07, 6.45) is -3.09. The lowest BCUT2D eigenvalue weighted by Gasteiger charge is -2.27. The van der Waals surface area contributed by atoms with Crippen LogP contribution in [-0.2, 0) is 9.47 Å². The van der Waals surface area contributed by atoms with Crippen LogP contribution >= 0.6 is 0 Å². The molecular formula is C9H12F4O2. The zero-order valence-corrected chi connectivity index (χ0v) is 8.02. The maximum atomic E-state index is 12.9. The zero-order chi connectivity index (χ0) is 11.1. The summed E-state index contributed by atoms with van der Waals surface area (Å²) in [6, 6.07) is 0. The van der Waals surface area contributed by atoms with Crippen molar-refractivity contribution in [2.75, 3.05) is 0 Å². The minimum Gasteiger partial charge on any atom is -0.305 e. The summed E-state index contributed by atoms with van der Waals surface area (Å²) in [5, 5.41) is 0. The van der Waals surface area contributed by atoms with Gasteiger partial charge in [0.2, 0.25) is 5.79 Å². The molecule has 2 nitrogen and oxygen atoms in total. The Bertz CT molecular complexity index is 237. The predicted molar refractivity (Wildman–Crippen MR) is 42.4 cm³/mol. The van der Waals surface area contributed by atoms with Crippen LogP contribution in [0.25, 0.3) is 0 Å². The Hall–Kier alpha value is -0.360. The number of epoxide rings is 1. The number of rotatable bonds is 2. The monoisotopic (exact) mass is 228 g/mol. The quantitative estimate of drug-likeness (QED) is 0.535. The first-order valence-corrected chi connectivity index (χ1v) is 5.03. The number of alkyl halides is 4. The van der Waals surface area contributed by atoms with E-state index in [9.17, 15) is 17.6 Å². The molecule has 2 aliphatic rings. The maximum absolute atomic E-state index is 12.9. The first-order valence-electron chi connectivity index (χ1n) is 5.03. The molecular weight excluding hydrogens is 216 g/mol. The molecule has 15 heavy (non-hydrogen) atoms. The van der Waals surface area contributed by atoms with Gasteiger partial charge in [-0.3, -0.25) is 4.74 Å². The van der Waals surface area contributed by atoms with Crippen molar-refractivity contribution in [1.82, 2.24) is 0 Å². The third-order valence-electron chi connectivity index (χ3n) is 3.00. The average Bonchev–Trinajstić information content (AvgIpc) is 2.76. The van der Waals surface area contributed by atoms with Crippen LogP contribution in [0, 0.1) is 5.92 Å². The molecule has 0 aromatic heterocycles. The van der Waals surface area contributed by atoms with Crippen LogP contribution < -0.4 is 0 Å². The van der Waals surface area contributed by atoms with Gasteiger partial charge in [-0.15, -0.1) is 13.2 Å². The zero-order valence-electron chi connectivity index (χ0n) is 8.02. The second kappa shape index (κ2) is 3.59. The fraction of sp³-hybridized carbons (Fsp3) is 1.00. The van der Waals surface area contributed by atoms with Gasteiger partial charge < -0.3 is 4.74 Å². The summed E-state index contributed by atoms with van der Waals surface area (Å²) >= 11 is 0. The van der Waals surface area contributed by atoms with E-state index >= 15 is 0 Å². The van der Waals surface area contributed by atoms with Crippen LogP contribution in [0.4, 0.5) is 17.6 Å². The molecule has 0 N–H and O–H groups in total. The first-order chi connectivity index (χ1) is 6.94. The van der Waals surface area contributed by atoms with E-state index < -0.39 is 24.4 Å². The second-order valence-electron chi connectivity index (χ2n) is 4.04. The van der Waals surface area contributed by atoms with Crippen LogP contribution in [0.15, 0.2) is 0 Å². The number of halogens is 4. The van der Waals surface area contributed by atoms with Crippen molar-refractivity contribution >= 4 is 0 Å². The maximum Gasteiger partial charge on any atom is 0.525 e. The predicted octanol–water partition coefficient (Wildman–Crippen LogP) is 3.13. The molecule has 6 heteroatoms. The molecule has 1 saturated carbocycles. The van der Waals surface area contributed by atoms with Crippen LogP contribution in [0.1, 0.15) is 32.1 Å². The van der Waals surface area contributed by atoms with E-state index in [-0.39, 0.29) is 0 Å². The molecule has 0 aromatic rings. The van der Waals surface area contributed by atoms with Gasteiger partial charge in [0.05, 0.1) is 0 Å². The second-order valence-corrected chi connectivity index (χ2v) is 4.04. The van der Waals surface area contributed by atoms with E-state index in [2.05, 4.69) is 9.47 Å². The molecule has 1 saturated heterocycles. The highest BCUT2D eigenvalue weighted by atomic mass is 19.4. The van der Waals surface area contributed by atoms with Crippen molar-refractivity contribution in [2.24, 2.45) is 5.92 Å². The van der Waals surface area contributed by atoms with Crippen LogP contribution in [0.2, 0.25) is 0 Å². The normalized spacial score (nSPS) is 38.0. The van der Waals surface area contributed by atoms with Gasteiger partial charge in [0.1, 0.15) is 0 Å². The Morgan fingerprint density at radius 2 is 1.67 bits per heavy atom. The summed E-state index contributed by atoms with van der Waals surface area (Å²) < 4.78 is 57.3. The fourth-order valence-electron chi connectivity index (χ4n) is 2.25. The van der Waals surface area contributed by atoms with E-state index in [1.807, 2.05) is 0 Å². The van der Waals surface area contributed by atoms with Gasteiger partial charge in [0.15, 0.2) is 0 Å². The van der Waals surface area contributed by atoms with Gasteiger partial charge >= 0.3 is 6.36 Å². The van der Waals surface area contributed by atoms with E-state index in [1.165, 1.54) is 0 Å². The fourth-order valence-corrected chi connectivity index (χ4v) is 2.25. The molecule has 1 heterocycles. The molecule has 88 valence electrons. The summed E-state index contributed by atoms with van der Waals surface area (Å²) in [6.45, 7) is 0. The molecule has 1 aliphatic heterocycles. The van der Waals surface area contributed by atoms with E-state index in [1.54, 1.807) is 0 Å². The van der Waals surface area contributed by atoms with Crippen molar-refractivity contribution in [3.63, 3.8) is 0 Å². The number of hydrogen-bond acceptors (Lipinski definition) is 2. The van der Waals surface area contributed by atoms with E-state index in [4.69, 9.17) is 0 Å². The van der Waals surface area contributed by atoms with E-state index in [0.29, 0.717) is 12.8 Å². The van der Waals surface area contributed by atoms with Gasteiger partial charge in [-0.25, -0.2) is 4.39 Å². The summed E-state index contributed by atoms with van der Waals surface area (Å²) in [5.41, 5.74) is 0. The Kier molecular flexibility index (Phi) is 2.66. The third-order valence-corrected chi connectivity index (χ3v) is 3.00. The molecule has 2 unspecified atom stereocenters. The lowest BCUT2D eigenvalue weighted by atomic mass is 9.85. The van der Waals surface area contributed by atoms with Crippen molar-refractivity contribution in [2.45, 2.75) is 50.6 Å². The highest BCUT2D eigenvalue weighted by Gasteiger charge is 2.68. The van der Waals surface area contributed by atoms with Gasteiger partial charge in [0, 0.05) is 5.92 Å². The van der Waals surface area contributed by atoms with Crippen molar-refractivity contribution in [3.05, 3.63) is 0 Å². The van der Waals surface area contributed by atoms with Crippen LogP contribution in [0.5, 0.6) is 0 Å². The highest BCUT2D eigenvalue weighted by Crippen LogP contribution is 2.52. The third kappa shape index (κ3) is 2.25. The lowest BCUT2D eigenvalue weighted by Crippen LogP contribution is -2.36. The van der Waals surface area contributed by atoms with Crippen LogP contribution in [0.3, 0.4) is 0 Å². The molecule has 0 aromatic carbocycles. The molecule has 0 amide bonds. The molecule has 0 spiro atoms. The molecule has 2 atom stereocenters. The van der Waals surface area contributed by atoms with Crippen LogP contribution in [-0.4, -0.2) is 18.5 Å². The van der Waals surface area contributed by atoms with Crippen molar-refractivity contribution in [3.8, 4) is 0 Å². The summed E-state index contributed by atoms with van der Waals surface area (Å²) in [4.78, 5) is 0. The molecule has 2 fully saturated rings. The minimum atomic E-state index is -4.84. The Morgan fingerprint density at radius 1 is 1.13 bits per heavy atom. The van der Waals surface area contributed by atoms with Gasteiger partial charge in [0.25, 0.3) is 6.36 Å². The first kappa shape index (κ1) is 11.1. The SMILES string of the molecule is FC1OC1(OC(F)(F)F)C1CCCCC1. The van der Waals surface area contributed by atoms with E-state index in [0.717, 1.165) is 19.3 Å². The Labute approximate surface area is 84.5 Å². The number of ether oxygens (including phenoxy) is 2. The topological polar surface area (TPSA) is 21.8 Å². The molecule has 0 bridgehead atoms. The lowest BCUT2D eigenvalue weighted by molar-refractivity contribution is -0.373. The van der Waals surface area contributed by atoms with Crippen molar-refractivity contribution < 1.29 is 27.0 Å². The Balaban J connectivity index is 2.02. The largest absolute Gasteiger partial charge is 0.525 e.